The second-order valence-electron chi connectivity index (χ2n) is 5.45. The Morgan fingerprint density at radius 2 is 1.60 bits per heavy atom. The van der Waals surface area contributed by atoms with Gasteiger partial charge in [0, 0.05) is 5.56 Å². The maximum Gasteiger partial charge on any atom is 0.267 e. The van der Waals surface area contributed by atoms with Crippen LogP contribution in [0, 0.1) is 5.82 Å². The summed E-state index contributed by atoms with van der Waals surface area (Å²) < 4.78 is 18.5. The third-order valence-electron chi connectivity index (χ3n) is 4.04. The zero-order valence-electron chi connectivity index (χ0n) is 13.1. The van der Waals surface area contributed by atoms with Crippen molar-refractivity contribution in [1.82, 2.24) is 10.2 Å². The molecule has 0 radical (unpaired) electrons. The quantitative estimate of drug-likeness (QED) is 0.746. The Bertz CT molecular complexity index is 960. The van der Waals surface area contributed by atoms with E-state index in [1.165, 1.54) is 19.2 Å². The highest BCUT2D eigenvalue weighted by atomic mass is 19.1. The maximum absolute atomic E-state index is 13.1. The number of aromatic amines is 1. The van der Waals surface area contributed by atoms with E-state index in [4.69, 9.17) is 4.74 Å². The molecule has 1 N–H and O–H groups in total. The number of methoxy groups -OCH3 is 1. The number of halogens is 1. The normalized spacial score (nSPS) is 13.3. The highest BCUT2D eigenvalue weighted by Crippen LogP contribution is 2.39. The van der Waals surface area contributed by atoms with Crippen LogP contribution in [0.3, 0.4) is 0 Å². The number of rotatable bonds is 3. The zero-order valence-corrected chi connectivity index (χ0v) is 13.1. The van der Waals surface area contributed by atoms with Crippen molar-refractivity contribution >= 4 is 17.6 Å². The molecule has 0 bridgehead atoms. The summed E-state index contributed by atoms with van der Waals surface area (Å²) in [5, 5.41) is 6.84. The molecule has 2 heterocycles. The standard InChI is InChI=1S/C18H12FN3O3/c1-25-15-14(10-6-8-11(19)9-7-10)20-21-16(15)22-17(23)12-4-2-3-5-13(12)18(22)24/h2-9H,1H3,(H,20,21). The van der Waals surface area contributed by atoms with Crippen molar-refractivity contribution in [2.75, 3.05) is 12.0 Å². The van der Waals surface area contributed by atoms with Gasteiger partial charge in [-0.15, -0.1) is 0 Å². The number of hydrogen-bond acceptors (Lipinski definition) is 4. The van der Waals surface area contributed by atoms with Crippen molar-refractivity contribution in [3.8, 4) is 17.0 Å². The smallest absolute Gasteiger partial charge is 0.267 e. The van der Waals surface area contributed by atoms with Crippen LogP contribution in [0.1, 0.15) is 20.7 Å². The van der Waals surface area contributed by atoms with Crippen molar-refractivity contribution in [3.05, 3.63) is 65.5 Å². The van der Waals surface area contributed by atoms with Gasteiger partial charge in [-0.2, -0.15) is 5.10 Å². The fourth-order valence-corrected chi connectivity index (χ4v) is 2.86. The van der Waals surface area contributed by atoms with Gasteiger partial charge in [-0.05, 0) is 36.4 Å². The Morgan fingerprint density at radius 3 is 2.16 bits per heavy atom. The van der Waals surface area contributed by atoms with Crippen LogP contribution in [-0.4, -0.2) is 29.1 Å². The summed E-state index contributed by atoms with van der Waals surface area (Å²) in [6.07, 6.45) is 0. The fraction of sp³-hybridized carbons (Fsp3) is 0.0556. The van der Waals surface area contributed by atoms with Crippen LogP contribution in [0.4, 0.5) is 10.2 Å². The van der Waals surface area contributed by atoms with E-state index in [1.54, 1.807) is 36.4 Å². The largest absolute Gasteiger partial charge is 0.491 e. The van der Waals surface area contributed by atoms with Crippen LogP contribution in [0.15, 0.2) is 48.5 Å². The van der Waals surface area contributed by atoms with Crippen LogP contribution >= 0.6 is 0 Å². The number of H-pyrrole nitrogens is 1. The molecule has 0 unspecified atom stereocenters. The van der Waals surface area contributed by atoms with Gasteiger partial charge in [0.2, 0.25) is 0 Å². The molecule has 124 valence electrons. The first-order valence-electron chi connectivity index (χ1n) is 7.48. The predicted molar refractivity (Wildman–Crippen MR) is 88.1 cm³/mol. The monoisotopic (exact) mass is 337 g/mol. The number of carbonyl (C=O) groups is 2. The minimum Gasteiger partial charge on any atom is -0.491 e. The molecule has 3 aromatic rings. The Balaban J connectivity index is 1.81. The van der Waals surface area contributed by atoms with Gasteiger partial charge in [-0.1, -0.05) is 12.1 Å². The average Bonchev–Trinajstić information content (AvgIpc) is 3.15. The molecular formula is C18H12FN3O3. The van der Waals surface area contributed by atoms with Crippen molar-refractivity contribution in [1.29, 1.82) is 0 Å². The molecule has 7 heteroatoms. The lowest BCUT2D eigenvalue weighted by atomic mass is 10.1. The molecule has 1 aliphatic heterocycles. The summed E-state index contributed by atoms with van der Waals surface area (Å²) in [5.41, 5.74) is 1.63. The Morgan fingerprint density at radius 1 is 1.00 bits per heavy atom. The number of fused-ring (bicyclic) bond motifs is 1. The topological polar surface area (TPSA) is 75.3 Å². The summed E-state index contributed by atoms with van der Waals surface area (Å²) in [4.78, 5) is 26.2. The summed E-state index contributed by atoms with van der Waals surface area (Å²) in [6, 6.07) is 12.3. The number of ether oxygens (including phenoxy) is 1. The molecule has 0 aliphatic carbocycles. The molecule has 25 heavy (non-hydrogen) atoms. The lowest BCUT2D eigenvalue weighted by Crippen LogP contribution is -2.30. The fourth-order valence-electron chi connectivity index (χ4n) is 2.86. The van der Waals surface area contributed by atoms with Crippen molar-refractivity contribution in [2.45, 2.75) is 0 Å². The third-order valence-corrected chi connectivity index (χ3v) is 4.04. The van der Waals surface area contributed by atoms with Crippen LogP contribution in [0.25, 0.3) is 11.3 Å². The average molecular weight is 337 g/mol. The number of amides is 2. The summed E-state index contributed by atoms with van der Waals surface area (Å²) >= 11 is 0. The molecule has 6 nitrogen and oxygen atoms in total. The van der Waals surface area contributed by atoms with E-state index in [9.17, 15) is 14.0 Å². The number of carbonyl (C=O) groups excluding carboxylic acids is 2. The molecule has 0 saturated carbocycles. The van der Waals surface area contributed by atoms with Crippen LogP contribution < -0.4 is 9.64 Å². The second kappa shape index (κ2) is 5.55. The molecule has 0 saturated heterocycles. The Kier molecular flexibility index (Phi) is 3.35. The van der Waals surface area contributed by atoms with Gasteiger partial charge in [-0.3, -0.25) is 14.7 Å². The molecule has 0 fully saturated rings. The Labute approximate surface area is 141 Å². The predicted octanol–water partition coefficient (Wildman–Crippen LogP) is 3.03. The van der Waals surface area contributed by atoms with Gasteiger partial charge in [0.05, 0.1) is 18.2 Å². The molecule has 0 atom stereocenters. The van der Waals surface area contributed by atoms with Gasteiger partial charge in [0.1, 0.15) is 11.5 Å². The van der Waals surface area contributed by atoms with E-state index >= 15 is 0 Å². The minimum absolute atomic E-state index is 0.146. The lowest BCUT2D eigenvalue weighted by Gasteiger charge is -2.13. The van der Waals surface area contributed by atoms with E-state index < -0.39 is 11.8 Å². The zero-order chi connectivity index (χ0) is 17.6. The van der Waals surface area contributed by atoms with E-state index in [0.29, 0.717) is 22.4 Å². The van der Waals surface area contributed by atoms with Crippen LogP contribution in [-0.2, 0) is 0 Å². The molecule has 0 spiro atoms. The van der Waals surface area contributed by atoms with Crippen LogP contribution in [0.2, 0.25) is 0 Å². The number of benzene rings is 2. The van der Waals surface area contributed by atoms with E-state index in [-0.39, 0.29) is 17.4 Å². The number of imide groups is 1. The molecular weight excluding hydrogens is 325 g/mol. The molecule has 2 amide bonds. The van der Waals surface area contributed by atoms with Crippen LogP contribution in [0.5, 0.6) is 5.75 Å². The number of nitrogens with one attached hydrogen (secondary N) is 1. The van der Waals surface area contributed by atoms with Gasteiger partial charge < -0.3 is 4.74 Å². The first-order chi connectivity index (χ1) is 12.1. The molecule has 2 aromatic carbocycles. The molecule has 1 aromatic heterocycles. The van der Waals surface area contributed by atoms with Crippen molar-refractivity contribution in [2.24, 2.45) is 0 Å². The molecule has 4 rings (SSSR count). The van der Waals surface area contributed by atoms with Crippen molar-refractivity contribution < 1.29 is 18.7 Å². The molecule has 1 aliphatic rings. The Hall–Kier alpha value is -3.48. The number of nitrogens with zero attached hydrogens (tertiary/aromatic N) is 2. The van der Waals surface area contributed by atoms with Gasteiger partial charge in [0.25, 0.3) is 11.8 Å². The number of hydrogen-bond donors (Lipinski definition) is 1. The first kappa shape index (κ1) is 15.1. The van der Waals surface area contributed by atoms with E-state index in [2.05, 4.69) is 10.2 Å². The highest BCUT2D eigenvalue weighted by molar-refractivity contribution is 6.34. The van der Waals surface area contributed by atoms with Gasteiger partial charge >= 0.3 is 0 Å². The van der Waals surface area contributed by atoms with Gasteiger partial charge in [0.15, 0.2) is 11.6 Å². The summed E-state index contributed by atoms with van der Waals surface area (Å²) in [7, 11) is 1.42. The minimum atomic E-state index is -0.451. The number of anilines is 1. The van der Waals surface area contributed by atoms with E-state index in [0.717, 1.165) is 4.90 Å². The van der Waals surface area contributed by atoms with E-state index in [1.807, 2.05) is 0 Å². The summed E-state index contributed by atoms with van der Waals surface area (Å²) in [5.74, 6) is -0.894. The van der Waals surface area contributed by atoms with Crippen molar-refractivity contribution in [3.63, 3.8) is 0 Å². The number of aromatic nitrogens is 2. The van der Waals surface area contributed by atoms with Gasteiger partial charge in [-0.25, -0.2) is 9.29 Å². The third kappa shape index (κ3) is 2.20. The summed E-state index contributed by atoms with van der Waals surface area (Å²) in [6.45, 7) is 0. The highest BCUT2D eigenvalue weighted by Gasteiger charge is 2.39. The lowest BCUT2D eigenvalue weighted by molar-refractivity contribution is 0.0924. The maximum atomic E-state index is 13.1. The second-order valence-corrected chi connectivity index (χ2v) is 5.45. The SMILES string of the molecule is COc1c(-c2ccc(F)cc2)n[nH]c1N1C(=O)c2ccccc2C1=O. The first-order valence-corrected chi connectivity index (χ1v) is 7.48.